The second-order valence-electron chi connectivity index (χ2n) is 5.47. The molecule has 0 bridgehead atoms. The molecular weight excluding hydrogens is 293 g/mol. The predicted octanol–water partition coefficient (Wildman–Crippen LogP) is 2.90. The lowest BCUT2D eigenvalue weighted by Gasteiger charge is -2.31. The van der Waals surface area contributed by atoms with E-state index in [0.717, 1.165) is 0 Å². The first kappa shape index (κ1) is 15.8. The summed E-state index contributed by atoms with van der Waals surface area (Å²) in [4.78, 5) is 25.0. The van der Waals surface area contributed by atoms with Gasteiger partial charge in [0.15, 0.2) is 0 Å². The number of aliphatic carboxylic acids is 1. The SMILES string of the molecule is CC(C)C[C@@H](C(=O)O)N1C(=O)CS[C@H]1c1ccccc1F. The number of carbonyl (C=O) groups is 2. The molecule has 21 heavy (non-hydrogen) atoms. The minimum absolute atomic E-state index is 0.130. The molecule has 1 aromatic carbocycles. The van der Waals surface area contributed by atoms with Gasteiger partial charge in [0.1, 0.15) is 17.2 Å². The summed E-state index contributed by atoms with van der Waals surface area (Å²) in [5, 5.41) is 8.87. The van der Waals surface area contributed by atoms with E-state index < -0.39 is 23.2 Å². The Morgan fingerprint density at radius 2 is 2.14 bits per heavy atom. The van der Waals surface area contributed by atoms with Crippen LogP contribution in [0.1, 0.15) is 31.2 Å². The molecule has 1 amide bonds. The molecule has 114 valence electrons. The number of hydrogen-bond acceptors (Lipinski definition) is 3. The monoisotopic (exact) mass is 311 g/mol. The van der Waals surface area contributed by atoms with E-state index in [2.05, 4.69) is 0 Å². The first-order valence-electron chi connectivity index (χ1n) is 6.81. The number of halogens is 1. The summed E-state index contributed by atoms with van der Waals surface area (Å²) in [6.45, 7) is 3.81. The number of rotatable bonds is 5. The molecule has 1 saturated heterocycles. The van der Waals surface area contributed by atoms with Crippen molar-refractivity contribution >= 4 is 23.6 Å². The first-order chi connectivity index (χ1) is 9.91. The molecule has 0 unspecified atom stereocenters. The van der Waals surface area contributed by atoms with Crippen molar-refractivity contribution in [2.75, 3.05) is 5.75 Å². The molecule has 0 spiro atoms. The normalized spacial score (nSPS) is 20.1. The molecule has 0 saturated carbocycles. The van der Waals surface area contributed by atoms with Crippen molar-refractivity contribution in [3.05, 3.63) is 35.6 Å². The van der Waals surface area contributed by atoms with Crippen LogP contribution in [-0.4, -0.2) is 33.7 Å². The third kappa shape index (κ3) is 3.37. The average Bonchev–Trinajstić information content (AvgIpc) is 2.78. The first-order valence-corrected chi connectivity index (χ1v) is 7.86. The summed E-state index contributed by atoms with van der Waals surface area (Å²) in [6.07, 6.45) is 0.354. The number of benzene rings is 1. The van der Waals surface area contributed by atoms with Gasteiger partial charge in [0.25, 0.3) is 0 Å². The van der Waals surface area contributed by atoms with Gasteiger partial charge in [-0.3, -0.25) is 4.79 Å². The maximum atomic E-state index is 14.0. The lowest BCUT2D eigenvalue weighted by molar-refractivity contribution is -0.150. The number of carboxylic acids is 1. The third-order valence-corrected chi connectivity index (χ3v) is 4.60. The number of hydrogen-bond donors (Lipinski definition) is 1. The van der Waals surface area contributed by atoms with Gasteiger partial charge in [0.2, 0.25) is 5.91 Å². The van der Waals surface area contributed by atoms with Crippen molar-refractivity contribution in [2.45, 2.75) is 31.7 Å². The smallest absolute Gasteiger partial charge is 0.326 e. The van der Waals surface area contributed by atoms with E-state index in [0.29, 0.717) is 12.0 Å². The fourth-order valence-electron chi connectivity index (χ4n) is 2.47. The van der Waals surface area contributed by atoms with Crippen LogP contribution >= 0.6 is 11.8 Å². The molecule has 0 aromatic heterocycles. The van der Waals surface area contributed by atoms with Crippen LogP contribution in [-0.2, 0) is 9.59 Å². The number of nitrogens with zero attached hydrogens (tertiary/aromatic N) is 1. The molecule has 1 fully saturated rings. The molecule has 1 N–H and O–H groups in total. The van der Waals surface area contributed by atoms with Crippen LogP contribution in [0.3, 0.4) is 0 Å². The highest BCUT2D eigenvalue weighted by Crippen LogP contribution is 2.41. The fraction of sp³-hybridized carbons (Fsp3) is 0.467. The highest BCUT2D eigenvalue weighted by molar-refractivity contribution is 8.00. The Balaban J connectivity index is 2.36. The van der Waals surface area contributed by atoms with E-state index in [1.165, 1.54) is 22.7 Å². The summed E-state index contributed by atoms with van der Waals surface area (Å²) in [7, 11) is 0. The predicted molar refractivity (Wildman–Crippen MR) is 79.3 cm³/mol. The molecule has 1 heterocycles. The number of carboxylic acid groups (broad SMARTS) is 1. The van der Waals surface area contributed by atoms with E-state index in [1.54, 1.807) is 18.2 Å². The second-order valence-corrected chi connectivity index (χ2v) is 6.54. The highest BCUT2D eigenvalue weighted by Gasteiger charge is 2.41. The van der Waals surface area contributed by atoms with Crippen LogP contribution < -0.4 is 0 Å². The molecule has 2 rings (SSSR count). The molecule has 0 radical (unpaired) electrons. The Bertz CT molecular complexity index is 549. The topological polar surface area (TPSA) is 57.6 Å². The van der Waals surface area contributed by atoms with E-state index in [1.807, 2.05) is 13.8 Å². The van der Waals surface area contributed by atoms with Gasteiger partial charge in [0, 0.05) is 5.56 Å². The quantitative estimate of drug-likeness (QED) is 0.908. The Labute approximate surface area is 127 Å². The maximum absolute atomic E-state index is 14.0. The molecule has 1 aliphatic heterocycles. The van der Waals surface area contributed by atoms with E-state index >= 15 is 0 Å². The van der Waals surface area contributed by atoms with Crippen LogP contribution in [0.5, 0.6) is 0 Å². The second kappa shape index (κ2) is 6.47. The molecule has 6 heteroatoms. The van der Waals surface area contributed by atoms with Gasteiger partial charge in [-0.05, 0) is 18.4 Å². The van der Waals surface area contributed by atoms with Crippen molar-refractivity contribution in [3.63, 3.8) is 0 Å². The summed E-state index contributed by atoms with van der Waals surface area (Å²) in [5.41, 5.74) is 0.364. The summed E-state index contributed by atoms with van der Waals surface area (Å²) < 4.78 is 14.0. The maximum Gasteiger partial charge on any atom is 0.326 e. The fourth-order valence-corrected chi connectivity index (χ4v) is 3.71. The van der Waals surface area contributed by atoms with Gasteiger partial charge in [0.05, 0.1) is 5.75 Å². The zero-order valence-electron chi connectivity index (χ0n) is 12.0. The van der Waals surface area contributed by atoms with Crippen LogP contribution in [0.25, 0.3) is 0 Å². The van der Waals surface area contributed by atoms with Gasteiger partial charge in [-0.15, -0.1) is 11.8 Å². The largest absolute Gasteiger partial charge is 0.480 e. The lowest BCUT2D eigenvalue weighted by Crippen LogP contribution is -2.44. The van der Waals surface area contributed by atoms with Crippen molar-refractivity contribution in [2.24, 2.45) is 5.92 Å². The Morgan fingerprint density at radius 3 is 2.71 bits per heavy atom. The number of thioether (sulfide) groups is 1. The zero-order chi connectivity index (χ0) is 15.6. The van der Waals surface area contributed by atoms with Crippen molar-refractivity contribution in [1.29, 1.82) is 0 Å². The van der Waals surface area contributed by atoms with Crippen molar-refractivity contribution in [1.82, 2.24) is 4.90 Å². The summed E-state index contributed by atoms with van der Waals surface area (Å²) >= 11 is 1.27. The Morgan fingerprint density at radius 1 is 1.48 bits per heavy atom. The van der Waals surface area contributed by atoms with E-state index in [9.17, 15) is 19.1 Å². The Hall–Kier alpha value is -1.56. The van der Waals surface area contributed by atoms with E-state index in [-0.39, 0.29) is 17.6 Å². The average molecular weight is 311 g/mol. The summed E-state index contributed by atoms with van der Waals surface area (Å²) in [6, 6.07) is 5.28. The standard InChI is InChI=1S/C15H18FNO3S/c1-9(2)7-12(15(19)20)17-13(18)8-21-14(17)10-5-3-4-6-11(10)16/h3-6,9,12,14H,7-8H2,1-2H3,(H,19,20)/t12-,14-/m0/s1. The van der Waals surface area contributed by atoms with Gasteiger partial charge in [-0.2, -0.15) is 0 Å². The lowest BCUT2D eigenvalue weighted by atomic mass is 10.0. The van der Waals surface area contributed by atoms with Gasteiger partial charge in [-0.25, -0.2) is 9.18 Å². The van der Waals surface area contributed by atoms with Gasteiger partial charge < -0.3 is 10.0 Å². The van der Waals surface area contributed by atoms with Crippen molar-refractivity contribution < 1.29 is 19.1 Å². The van der Waals surface area contributed by atoms with Crippen LogP contribution in [0, 0.1) is 11.7 Å². The third-order valence-electron chi connectivity index (χ3n) is 3.39. The summed E-state index contributed by atoms with van der Waals surface area (Å²) in [5.74, 6) is -1.39. The van der Waals surface area contributed by atoms with E-state index in [4.69, 9.17) is 0 Å². The molecule has 0 aliphatic carbocycles. The van der Waals surface area contributed by atoms with Crippen LogP contribution in [0.15, 0.2) is 24.3 Å². The number of carbonyl (C=O) groups excluding carboxylic acids is 1. The molecule has 4 nitrogen and oxygen atoms in total. The zero-order valence-corrected chi connectivity index (χ0v) is 12.8. The highest BCUT2D eigenvalue weighted by atomic mass is 32.2. The minimum atomic E-state index is -1.04. The van der Waals surface area contributed by atoms with Crippen molar-refractivity contribution in [3.8, 4) is 0 Å². The van der Waals surface area contributed by atoms with Crippen LogP contribution in [0.4, 0.5) is 4.39 Å². The molecular formula is C15H18FNO3S. The molecule has 1 aromatic rings. The van der Waals surface area contributed by atoms with Gasteiger partial charge in [-0.1, -0.05) is 32.0 Å². The molecule has 1 aliphatic rings. The number of amides is 1. The Kier molecular flexibility index (Phi) is 4.88. The molecule has 2 atom stereocenters. The van der Waals surface area contributed by atoms with Crippen LogP contribution in [0.2, 0.25) is 0 Å². The van der Waals surface area contributed by atoms with Gasteiger partial charge >= 0.3 is 5.97 Å². The minimum Gasteiger partial charge on any atom is -0.480 e.